The van der Waals surface area contributed by atoms with Crippen LogP contribution in [0.4, 0.5) is 0 Å². The minimum atomic E-state index is -1.00. The van der Waals surface area contributed by atoms with Crippen LogP contribution in [0.5, 0.6) is 5.75 Å². The summed E-state index contributed by atoms with van der Waals surface area (Å²) in [5, 5.41) is 25.1. The molecule has 1 aliphatic rings. The van der Waals surface area contributed by atoms with E-state index in [1.54, 1.807) is 23.5 Å². The van der Waals surface area contributed by atoms with Gasteiger partial charge in [0.2, 0.25) is 17.7 Å². The molecule has 1 saturated heterocycles. The summed E-state index contributed by atoms with van der Waals surface area (Å²) >= 11 is 1.57. The number of carboxylic acids is 1. The van der Waals surface area contributed by atoms with Gasteiger partial charge in [-0.3, -0.25) is 14.4 Å². The molecule has 3 atom stereocenters. The molecule has 0 radical (unpaired) electrons. The van der Waals surface area contributed by atoms with E-state index in [2.05, 4.69) is 15.6 Å². The van der Waals surface area contributed by atoms with Crippen molar-refractivity contribution in [2.24, 2.45) is 5.41 Å². The van der Waals surface area contributed by atoms with Gasteiger partial charge in [0.1, 0.15) is 24.4 Å². The van der Waals surface area contributed by atoms with Crippen molar-refractivity contribution in [1.82, 2.24) is 20.5 Å². The minimum absolute atomic E-state index is 0.00938. The molecular formula is C35H44N4O8S. The molecule has 4 N–H and O–H groups in total. The van der Waals surface area contributed by atoms with Crippen molar-refractivity contribution in [3.63, 3.8) is 0 Å². The van der Waals surface area contributed by atoms with Crippen molar-refractivity contribution < 1.29 is 38.9 Å². The van der Waals surface area contributed by atoms with E-state index in [1.807, 2.05) is 57.5 Å². The van der Waals surface area contributed by atoms with Gasteiger partial charge in [0.15, 0.2) is 0 Å². The van der Waals surface area contributed by atoms with E-state index < -0.39 is 41.4 Å². The number of rotatable bonds is 15. The average Bonchev–Trinajstić information content (AvgIpc) is 3.66. The Kier molecular flexibility index (Phi) is 12.7. The Labute approximate surface area is 284 Å². The molecule has 0 bridgehead atoms. The van der Waals surface area contributed by atoms with Crippen molar-refractivity contribution in [2.75, 3.05) is 26.4 Å². The third kappa shape index (κ3) is 10.1. The number of β-amino-alcohol motifs (C(OH)–C–C–N with tert-alkyl or cyclic N) is 1. The molecule has 258 valence electrons. The third-order valence-electron chi connectivity index (χ3n) is 8.00. The Morgan fingerprint density at radius 2 is 1.73 bits per heavy atom. The molecule has 0 aliphatic carbocycles. The van der Waals surface area contributed by atoms with Crippen LogP contribution in [0.15, 0.2) is 54.0 Å². The quantitative estimate of drug-likeness (QED) is 0.175. The lowest BCUT2D eigenvalue weighted by atomic mass is 9.85. The summed E-state index contributed by atoms with van der Waals surface area (Å²) in [7, 11) is 0. The highest BCUT2D eigenvalue weighted by Crippen LogP contribution is 2.28. The average molecular weight is 681 g/mol. The number of hydrogen-bond acceptors (Lipinski definition) is 9. The van der Waals surface area contributed by atoms with E-state index in [-0.39, 0.29) is 37.6 Å². The van der Waals surface area contributed by atoms with Crippen LogP contribution >= 0.6 is 11.3 Å². The number of nitrogens with zero attached hydrogens (tertiary/aromatic N) is 2. The maximum Gasteiger partial charge on any atom is 0.335 e. The van der Waals surface area contributed by atoms with Crippen LogP contribution in [0, 0.1) is 12.3 Å². The molecule has 48 heavy (non-hydrogen) atoms. The number of ether oxygens (including phenoxy) is 2. The standard InChI is InChI=1S/C35H44N4O8S/c1-22-30(48-21-37-22)24-9-7-23(8-10-24)18-36-32(42)28-17-26(40)19-39(28)33(43)31(35(2,3)4)38-29(41)20-46-15-5-6-16-47-27-13-11-25(12-14-27)34(44)45/h7-14,21,26,28,31,40H,5-6,15-20H2,1-4H3,(H,36,42)(H,38,41)(H,44,45)/t26-,28+,31?/m1/s1. The number of nitrogens with one attached hydrogen (secondary N) is 2. The minimum Gasteiger partial charge on any atom is -0.494 e. The molecule has 1 fully saturated rings. The molecule has 2 heterocycles. The van der Waals surface area contributed by atoms with Crippen LogP contribution in [-0.4, -0.2) is 88.3 Å². The van der Waals surface area contributed by atoms with E-state index >= 15 is 0 Å². The highest BCUT2D eigenvalue weighted by molar-refractivity contribution is 7.13. The number of aliphatic hydroxyl groups is 1. The van der Waals surface area contributed by atoms with Gasteiger partial charge in [-0.2, -0.15) is 0 Å². The maximum atomic E-state index is 13.8. The zero-order chi connectivity index (χ0) is 34.8. The van der Waals surface area contributed by atoms with Crippen molar-refractivity contribution in [2.45, 2.75) is 71.7 Å². The number of likely N-dealkylation sites (tertiary alicyclic amines) is 1. The van der Waals surface area contributed by atoms with Gasteiger partial charge in [0.05, 0.1) is 34.4 Å². The molecule has 2 aromatic carbocycles. The van der Waals surface area contributed by atoms with Crippen molar-refractivity contribution in [1.29, 1.82) is 0 Å². The number of amides is 3. The molecule has 13 heteroatoms. The van der Waals surface area contributed by atoms with Gasteiger partial charge in [-0.25, -0.2) is 9.78 Å². The number of benzene rings is 2. The summed E-state index contributed by atoms with van der Waals surface area (Å²) in [4.78, 5) is 57.6. The van der Waals surface area contributed by atoms with Crippen molar-refractivity contribution in [3.8, 4) is 16.2 Å². The molecule has 4 rings (SSSR count). The van der Waals surface area contributed by atoms with Gasteiger partial charge >= 0.3 is 5.97 Å². The first-order valence-electron chi connectivity index (χ1n) is 15.9. The molecule has 3 aromatic rings. The lowest BCUT2D eigenvalue weighted by molar-refractivity contribution is -0.144. The van der Waals surface area contributed by atoms with Gasteiger partial charge in [-0.1, -0.05) is 45.0 Å². The second-order valence-corrected chi connectivity index (χ2v) is 13.7. The summed E-state index contributed by atoms with van der Waals surface area (Å²) in [5.41, 5.74) is 4.22. The van der Waals surface area contributed by atoms with Crippen LogP contribution < -0.4 is 15.4 Å². The van der Waals surface area contributed by atoms with Gasteiger partial charge in [-0.05, 0) is 60.6 Å². The number of carbonyl (C=O) groups excluding carboxylic acids is 3. The van der Waals surface area contributed by atoms with Gasteiger partial charge in [-0.15, -0.1) is 11.3 Å². The van der Waals surface area contributed by atoms with E-state index in [4.69, 9.17) is 14.6 Å². The van der Waals surface area contributed by atoms with Gasteiger partial charge in [0, 0.05) is 26.1 Å². The summed E-state index contributed by atoms with van der Waals surface area (Å²) in [5.74, 6) is -1.71. The Bertz CT molecular complexity index is 1550. The third-order valence-corrected chi connectivity index (χ3v) is 8.98. The zero-order valence-electron chi connectivity index (χ0n) is 27.7. The lowest BCUT2D eigenvalue weighted by Crippen LogP contribution is -2.58. The number of carbonyl (C=O) groups is 4. The largest absolute Gasteiger partial charge is 0.494 e. The van der Waals surface area contributed by atoms with E-state index in [0.717, 1.165) is 21.7 Å². The lowest BCUT2D eigenvalue weighted by Gasteiger charge is -2.35. The fourth-order valence-corrected chi connectivity index (χ4v) is 6.15. The summed E-state index contributed by atoms with van der Waals surface area (Å²) < 4.78 is 11.1. The predicted molar refractivity (Wildman–Crippen MR) is 181 cm³/mol. The van der Waals surface area contributed by atoms with Crippen LogP contribution in [-0.2, 0) is 25.7 Å². The number of carboxylic acid groups (broad SMARTS) is 1. The first-order valence-corrected chi connectivity index (χ1v) is 16.8. The summed E-state index contributed by atoms with van der Waals surface area (Å²) in [6, 6.07) is 12.2. The van der Waals surface area contributed by atoms with Crippen molar-refractivity contribution >= 4 is 35.0 Å². The highest BCUT2D eigenvalue weighted by atomic mass is 32.1. The first kappa shape index (κ1) is 36.5. The molecule has 1 unspecified atom stereocenters. The number of unbranched alkanes of at least 4 members (excludes halogenated alkanes) is 1. The normalized spacial score (nSPS) is 16.7. The Hall–Kier alpha value is -4.33. The van der Waals surface area contributed by atoms with Crippen LogP contribution in [0.2, 0.25) is 0 Å². The first-order chi connectivity index (χ1) is 22.8. The molecular weight excluding hydrogens is 636 g/mol. The Morgan fingerprint density at radius 1 is 1.04 bits per heavy atom. The molecule has 1 aromatic heterocycles. The molecule has 0 spiro atoms. The topological polar surface area (TPSA) is 167 Å². The second kappa shape index (κ2) is 16.7. The van der Waals surface area contributed by atoms with Crippen LogP contribution in [0.1, 0.15) is 61.6 Å². The number of thiazole rings is 1. The van der Waals surface area contributed by atoms with Gasteiger partial charge in [0.25, 0.3) is 0 Å². The fourth-order valence-electron chi connectivity index (χ4n) is 5.34. The van der Waals surface area contributed by atoms with E-state index in [0.29, 0.717) is 31.8 Å². The number of hydrogen-bond donors (Lipinski definition) is 4. The smallest absolute Gasteiger partial charge is 0.335 e. The zero-order valence-corrected chi connectivity index (χ0v) is 28.5. The number of aryl methyl sites for hydroxylation is 1. The van der Waals surface area contributed by atoms with Crippen LogP contribution in [0.25, 0.3) is 10.4 Å². The predicted octanol–water partition coefficient (Wildman–Crippen LogP) is 3.80. The number of aromatic carboxylic acids is 1. The van der Waals surface area contributed by atoms with Gasteiger partial charge < -0.3 is 35.2 Å². The molecule has 1 aliphatic heterocycles. The summed E-state index contributed by atoms with van der Waals surface area (Å²) in [6.45, 7) is 8.15. The monoisotopic (exact) mass is 680 g/mol. The molecule has 3 amide bonds. The van der Waals surface area contributed by atoms with E-state index in [9.17, 15) is 24.3 Å². The number of aliphatic hydroxyl groups excluding tert-OH is 1. The second-order valence-electron chi connectivity index (χ2n) is 12.9. The Balaban J connectivity index is 1.23. The van der Waals surface area contributed by atoms with Crippen molar-refractivity contribution in [3.05, 3.63) is 70.9 Å². The Morgan fingerprint density at radius 3 is 2.35 bits per heavy atom. The van der Waals surface area contributed by atoms with Crippen LogP contribution in [0.3, 0.4) is 0 Å². The molecule has 12 nitrogen and oxygen atoms in total. The summed E-state index contributed by atoms with van der Waals surface area (Å²) in [6.07, 6.45) is 0.524. The fraction of sp³-hybridized carbons (Fsp3) is 0.457. The molecule has 0 saturated carbocycles. The van der Waals surface area contributed by atoms with E-state index in [1.165, 1.54) is 17.0 Å². The number of aromatic nitrogens is 1. The highest BCUT2D eigenvalue weighted by Gasteiger charge is 2.44. The maximum absolute atomic E-state index is 13.8. The SMILES string of the molecule is Cc1ncsc1-c1ccc(CNC(=O)[C@@H]2C[C@@H](O)CN2C(=O)C(NC(=O)COCCCCOc2ccc(C(=O)O)cc2)C(C)(C)C)cc1.